The van der Waals surface area contributed by atoms with Crippen LogP contribution in [0.3, 0.4) is 0 Å². The van der Waals surface area contributed by atoms with E-state index in [0.717, 1.165) is 5.75 Å². The molecule has 0 saturated carbocycles. The van der Waals surface area contributed by atoms with E-state index in [1.165, 1.54) is 62.6 Å². The van der Waals surface area contributed by atoms with Crippen molar-refractivity contribution in [2.45, 2.75) is 72.6 Å². The third kappa shape index (κ3) is 5.39. The second-order valence-electron chi connectivity index (χ2n) is 7.52. The quantitative estimate of drug-likeness (QED) is 0.341. The van der Waals surface area contributed by atoms with E-state index >= 15 is 0 Å². The normalized spacial score (nSPS) is 11.8. The second kappa shape index (κ2) is 10.4. The Balaban J connectivity index is 2.43. The van der Waals surface area contributed by atoms with Gasteiger partial charge in [-0.1, -0.05) is 0 Å². The number of ether oxygens (including phenoxy) is 1. The molecule has 0 bridgehead atoms. The van der Waals surface area contributed by atoms with Crippen LogP contribution in [0.4, 0.5) is 0 Å². The van der Waals surface area contributed by atoms with Gasteiger partial charge in [-0.2, -0.15) is 0 Å². The number of benzene rings is 2. The van der Waals surface area contributed by atoms with E-state index in [1.54, 1.807) is 10.7 Å². The van der Waals surface area contributed by atoms with E-state index in [2.05, 4.69) is 57.2 Å². The topological polar surface area (TPSA) is 9.23 Å². The van der Waals surface area contributed by atoms with Crippen molar-refractivity contribution in [3.63, 3.8) is 0 Å². The Hall–Kier alpha value is -0.701. The molecule has 0 atom stereocenters. The van der Waals surface area contributed by atoms with Gasteiger partial charge < -0.3 is 0 Å². The first-order chi connectivity index (χ1) is 12.2. The SMILES string of the molecule is CCC[CH2][Sn]([CH2]CCC)([CH2]CCC)[c]1ccc2cc(OC)ccc2c1. The molecule has 2 rings (SSSR count). The first-order valence-electron chi connectivity index (χ1n) is 10.3. The monoisotopic (exact) mass is 448 g/mol. The molecule has 0 aliphatic rings. The maximum absolute atomic E-state index is 5.39. The van der Waals surface area contributed by atoms with Crippen molar-refractivity contribution < 1.29 is 4.74 Å². The summed E-state index contributed by atoms with van der Waals surface area (Å²) in [5.41, 5.74) is 0. The van der Waals surface area contributed by atoms with Gasteiger partial charge in [-0.15, -0.1) is 0 Å². The Morgan fingerprint density at radius 2 is 1.24 bits per heavy atom. The van der Waals surface area contributed by atoms with E-state index in [9.17, 15) is 0 Å². The van der Waals surface area contributed by atoms with Crippen LogP contribution in [-0.4, -0.2) is 25.5 Å². The van der Waals surface area contributed by atoms with Crippen molar-refractivity contribution in [2.75, 3.05) is 7.11 Å². The van der Waals surface area contributed by atoms with Crippen LogP contribution < -0.4 is 8.32 Å². The van der Waals surface area contributed by atoms with E-state index in [0.29, 0.717) is 0 Å². The molecule has 0 aliphatic heterocycles. The second-order valence-corrected chi connectivity index (χ2v) is 20.8. The molecule has 0 aromatic heterocycles. The Kier molecular flexibility index (Phi) is 8.61. The van der Waals surface area contributed by atoms with E-state index < -0.39 is 18.4 Å². The van der Waals surface area contributed by atoms with Crippen molar-refractivity contribution in [1.82, 2.24) is 0 Å². The molecule has 0 aliphatic carbocycles. The van der Waals surface area contributed by atoms with Gasteiger partial charge in [-0.25, -0.2) is 0 Å². The number of hydrogen-bond acceptors (Lipinski definition) is 1. The standard InChI is InChI=1S/C11H9O.3C4H9.Sn/c1-12-11-7-6-9-4-2-3-5-10(9)8-11;3*1-3-4-2;/h3-8H,1H3;3*1,3-4H2,2H3;. The molecule has 0 heterocycles. The fraction of sp³-hybridized carbons (Fsp3) is 0.565. The molecule has 0 saturated heterocycles. The van der Waals surface area contributed by atoms with Crippen LogP contribution in [0.5, 0.6) is 5.75 Å². The number of hydrogen-bond donors (Lipinski definition) is 0. The molecule has 0 amide bonds. The van der Waals surface area contributed by atoms with Gasteiger partial charge in [0.05, 0.1) is 0 Å². The molecule has 0 N–H and O–H groups in total. The summed E-state index contributed by atoms with van der Waals surface area (Å²) >= 11 is -2.31. The molecule has 0 radical (unpaired) electrons. The van der Waals surface area contributed by atoms with Crippen molar-refractivity contribution >= 4 is 32.7 Å². The van der Waals surface area contributed by atoms with Crippen molar-refractivity contribution in [3.8, 4) is 5.75 Å². The Morgan fingerprint density at radius 1 is 0.720 bits per heavy atom. The van der Waals surface area contributed by atoms with Gasteiger partial charge in [0.2, 0.25) is 0 Å². The average Bonchev–Trinajstić information content (AvgIpc) is 2.67. The van der Waals surface area contributed by atoms with Gasteiger partial charge in [0.25, 0.3) is 0 Å². The molecule has 2 heteroatoms. The molecule has 0 unspecified atom stereocenters. The first-order valence-corrected chi connectivity index (χ1v) is 17.8. The summed E-state index contributed by atoms with van der Waals surface area (Å²) in [6.45, 7) is 7.05. The predicted octanol–water partition coefficient (Wildman–Crippen LogP) is 6.90. The summed E-state index contributed by atoms with van der Waals surface area (Å²) in [5, 5.41) is 2.70. The molecule has 1 nitrogen and oxygen atoms in total. The van der Waals surface area contributed by atoms with Crippen LogP contribution in [0, 0.1) is 0 Å². The van der Waals surface area contributed by atoms with Gasteiger partial charge >= 0.3 is 159 Å². The minimum atomic E-state index is -2.31. The predicted molar refractivity (Wildman–Crippen MR) is 115 cm³/mol. The van der Waals surface area contributed by atoms with Crippen LogP contribution in [0.25, 0.3) is 10.8 Å². The third-order valence-electron chi connectivity index (χ3n) is 5.69. The van der Waals surface area contributed by atoms with Crippen LogP contribution in [0.15, 0.2) is 36.4 Å². The molecule has 138 valence electrons. The van der Waals surface area contributed by atoms with E-state index in [4.69, 9.17) is 4.74 Å². The van der Waals surface area contributed by atoms with Crippen molar-refractivity contribution in [2.24, 2.45) is 0 Å². The fourth-order valence-corrected chi connectivity index (χ4v) is 20.0. The Morgan fingerprint density at radius 3 is 1.76 bits per heavy atom. The summed E-state index contributed by atoms with van der Waals surface area (Å²) in [5.74, 6) is 0.956. The first kappa shape index (κ1) is 20.6. The summed E-state index contributed by atoms with van der Waals surface area (Å²) in [6, 6.07) is 13.9. The maximum atomic E-state index is 5.39. The van der Waals surface area contributed by atoms with E-state index in [-0.39, 0.29) is 0 Å². The number of unbranched alkanes of at least 4 members (excludes halogenated alkanes) is 3. The molecular weight excluding hydrogens is 411 g/mol. The van der Waals surface area contributed by atoms with Crippen LogP contribution in [-0.2, 0) is 0 Å². The minimum absolute atomic E-state index is 0.956. The van der Waals surface area contributed by atoms with Crippen LogP contribution in [0.1, 0.15) is 59.3 Å². The van der Waals surface area contributed by atoms with E-state index in [1.807, 2.05) is 0 Å². The summed E-state index contributed by atoms with van der Waals surface area (Å²) in [4.78, 5) is 0. The fourth-order valence-electron chi connectivity index (χ4n) is 4.03. The van der Waals surface area contributed by atoms with Crippen molar-refractivity contribution in [1.29, 1.82) is 0 Å². The van der Waals surface area contributed by atoms with Gasteiger partial charge in [0.1, 0.15) is 0 Å². The molecular formula is C23H36OSn. The Bertz CT molecular complexity index is 628. The van der Waals surface area contributed by atoms with Gasteiger partial charge in [0.15, 0.2) is 0 Å². The number of rotatable bonds is 11. The zero-order valence-corrected chi connectivity index (χ0v) is 19.6. The molecule has 25 heavy (non-hydrogen) atoms. The summed E-state index contributed by atoms with van der Waals surface area (Å²) in [6.07, 6.45) is 8.27. The number of methoxy groups -OCH3 is 1. The van der Waals surface area contributed by atoms with Crippen LogP contribution >= 0.6 is 0 Å². The van der Waals surface area contributed by atoms with Crippen molar-refractivity contribution in [3.05, 3.63) is 36.4 Å². The van der Waals surface area contributed by atoms with Gasteiger partial charge in [-0.3, -0.25) is 0 Å². The zero-order valence-electron chi connectivity index (χ0n) is 16.7. The summed E-state index contributed by atoms with van der Waals surface area (Å²) < 4.78 is 11.8. The zero-order chi connectivity index (χ0) is 18.1. The molecule has 0 spiro atoms. The van der Waals surface area contributed by atoms with Gasteiger partial charge in [-0.05, 0) is 0 Å². The van der Waals surface area contributed by atoms with Crippen LogP contribution in [0.2, 0.25) is 13.3 Å². The summed E-state index contributed by atoms with van der Waals surface area (Å²) in [7, 11) is 1.75. The third-order valence-corrected chi connectivity index (χ3v) is 21.3. The average molecular weight is 447 g/mol. The number of fused-ring (bicyclic) bond motifs is 1. The molecule has 0 fully saturated rings. The Labute approximate surface area is 159 Å². The molecule has 2 aromatic rings. The van der Waals surface area contributed by atoms with Gasteiger partial charge in [0, 0.05) is 0 Å². The molecule has 2 aromatic carbocycles.